The van der Waals surface area contributed by atoms with Crippen molar-refractivity contribution < 1.29 is 9.59 Å². The van der Waals surface area contributed by atoms with E-state index in [-0.39, 0.29) is 18.5 Å². The minimum absolute atomic E-state index is 0.0579. The van der Waals surface area contributed by atoms with Crippen molar-refractivity contribution in [3.8, 4) is 0 Å². The number of rotatable bonds is 6. The van der Waals surface area contributed by atoms with Gasteiger partial charge in [-0.15, -0.1) is 11.3 Å². The van der Waals surface area contributed by atoms with Gasteiger partial charge in [0.25, 0.3) is 0 Å². The molecule has 5 nitrogen and oxygen atoms in total. The lowest BCUT2D eigenvalue weighted by Gasteiger charge is -2.13. The lowest BCUT2D eigenvalue weighted by molar-refractivity contribution is -0.115. The molecule has 0 saturated carbocycles. The highest BCUT2D eigenvalue weighted by Gasteiger charge is 2.09. The minimum atomic E-state index is -0.334. The Morgan fingerprint density at radius 3 is 2.42 bits per heavy atom. The van der Waals surface area contributed by atoms with Crippen LogP contribution in [0.5, 0.6) is 0 Å². The van der Waals surface area contributed by atoms with Crippen LogP contribution in [0.2, 0.25) is 0 Å². The summed E-state index contributed by atoms with van der Waals surface area (Å²) >= 11 is 1.66. The van der Waals surface area contributed by atoms with Crippen molar-refractivity contribution in [2.45, 2.75) is 27.2 Å². The Labute approximate surface area is 146 Å². The zero-order valence-corrected chi connectivity index (χ0v) is 15.0. The molecule has 2 aromatic rings. The van der Waals surface area contributed by atoms with E-state index in [9.17, 15) is 9.59 Å². The van der Waals surface area contributed by atoms with E-state index in [1.54, 1.807) is 11.3 Å². The van der Waals surface area contributed by atoms with E-state index in [0.717, 1.165) is 28.8 Å². The Hall–Kier alpha value is -2.34. The number of carbonyl (C=O) groups excluding carboxylic acids is 2. The molecule has 0 bridgehead atoms. The van der Waals surface area contributed by atoms with Crippen molar-refractivity contribution in [2.24, 2.45) is 0 Å². The molecule has 6 heteroatoms. The fraction of sp³-hybridized carbons (Fsp3) is 0.333. The molecule has 2 rings (SSSR count). The third-order valence-corrected chi connectivity index (χ3v) is 4.52. The average molecular weight is 345 g/mol. The van der Waals surface area contributed by atoms with Crippen LogP contribution in [-0.2, 0) is 11.2 Å². The van der Waals surface area contributed by atoms with Gasteiger partial charge in [-0.05, 0) is 49.8 Å². The van der Waals surface area contributed by atoms with Crippen molar-refractivity contribution in [1.29, 1.82) is 0 Å². The van der Waals surface area contributed by atoms with E-state index in [1.807, 2.05) is 50.4 Å². The molecule has 0 atom stereocenters. The zero-order valence-electron chi connectivity index (χ0n) is 14.2. The first kappa shape index (κ1) is 18.0. The summed E-state index contributed by atoms with van der Waals surface area (Å²) in [6, 6.07) is 7.73. The summed E-state index contributed by atoms with van der Waals surface area (Å²) in [5.41, 5.74) is 4.00. The average Bonchev–Trinajstić information content (AvgIpc) is 3.02. The number of thiophene rings is 1. The van der Waals surface area contributed by atoms with Gasteiger partial charge >= 0.3 is 6.03 Å². The van der Waals surface area contributed by atoms with Gasteiger partial charge in [-0.25, -0.2) is 4.79 Å². The fourth-order valence-electron chi connectivity index (χ4n) is 2.54. The Kier molecular flexibility index (Phi) is 6.37. The number of carbonyl (C=O) groups is 2. The molecule has 3 N–H and O–H groups in total. The molecular weight excluding hydrogens is 322 g/mol. The summed E-state index contributed by atoms with van der Waals surface area (Å²) in [6.07, 6.45) is 0.791. The predicted octanol–water partition coefficient (Wildman–Crippen LogP) is 3.15. The van der Waals surface area contributed by atoms with Crippen LogP contribution >= 0.6 is 11.3 Å². The summed E-state index contributed by atoms with van der Waals surface area (Å²) in [6.45, 7) is 6.43. The lowest BCUT2D eigenvalue weighted by Crippen LogP contribution is -2.40. The van der Waals surface area contributed by atoms with Gasteiger partial charge in [-0.3, -0.25) is 4.79 Å². The maximum Gasteiger partial charge on any atom is 0.315 e. The van der Waals surface area contributed by atoms with Crippen molar-refractivity contribution in [2.75, 3.05) is 18.4 Å². The fourth-order valence-corrected chi connectivity index (χ4v) is 3.25. The predicted molar refractivity (Wildman–Crippen MR) is 98.7 cm³/mol. The molecule has 0 unspecified atom stereocenters. The smallest absolute Gasteiger partial charge is 0.315 e. The van der Waals surface area contributed by atoms with Crippen LogP contribution in [0.15, 0.2) is 29.6 Å². The first-order valence-electron chi connectivity index (χ1n) is 7.87. The normalized spacial score (nSPS) is 10.3. The van der Waals surface area contributed by atoms with Crippen LogP contribution in [0.3, 0.4) is 0 Å². The standard InChI is InChI=1S/C18H23N3O2S/c1-12-9-13(2)17(14(3)10-12)21-16(22)11-20-18(23)19-7-6-15-5-4-8-24-15/h4-5,8-10H,6-7,11H2,1-3H3,(H,21,22)(H2,19,20,23). The van der Waals surface area contributed by atoms with Gasteiger partial charge in [0.2, 0.25) is 5.91 Å². The molecule has 1 heterocycles. The Balaban J connectivity index is 1.73. The van der Waals surface area contributed by atoms with Gasteiger partial charge < -0.3 is 16.0 Å². The molecule has 0 fully saturated rings. The van der Waals surface area contributed by atoms with Crippen molar-refractivity contribution in [3.63, 3.8) is 0 Å². The van der Waals surface area contributed by atoms with Crippen LogP contribution in [-0.4, -0.2) is 25.0 Å². The Morgan fingerprint density at radius 1 is 1.08 bits per heavy atom. The van der Waals surface area contributed by atoms with Crippen LogP contribution in [0.4, 0.5) is 10.5 Å². The van der Waals surface area contributed by atoms with Crippen molar-refractivity contribution in [3.05, 3.63) is 51.2 Å². The number of benzene rings is 1. The molecule has 0 radical (unpaired) electrons. The first-order chi connectivity index (χ1) is 11.5. The number of nitrogens with one attached hydrogen (secondary N) is 3. The Morgan fingerprint density at radius 2 is 1.79 bits per heavy atom. The third-order valence-electron chi connectivity index (χ3n) is 3.59. The van der Waals surface area contributed by atoms with Gasteiger partial charge in [0.05, 0.1) is 6.54 Å². The molecule has 1 aromatic heterocycles. The second kappa shape index (κ2) is 8.49. The first-order valence-corrected chi connectivity index (χ1v) is 8.75. The van der Waals surface area contributed by atoms with Gasteiger partial charge in [-0.1, -0.05) is 23.8 Å². The van der Waals surface area contributed by atoms with Crippen molar-refractivity contribution >= 4 is 29.0 Å². The second-order valence-corrected chi connectivity index (χ2v) is 6.79. The third kappa shape index (κ3) is 5.38. The quantitative estimate of drug-likeness (QED) is 0.753. The van der Waals surface area contributed by atoms with E-state index >= 15 is 0 Å². The lowest BCUT2D eigenvalue weighted by atomic mass is 10.1. The molecule has 128 valence electrons. The molecule has 0 aliphatic carbocycles. The maximum atomic E-state index is 12.0. The number of hydrogen-bond acceptors (Lipinski definition) is 3. The summed E-state index contributed by atoms with van der Waals surface area (Å²) < 4.78 is 0. The van der Waals surface area contributed by atoms with E-state index in [0.29, 0.717) is 6.54 Å². The molecule has 0 saturated heterocycles. The van der Waals surface area contributed by atoms with Crippen molar-refractivity contribution in [1.82, 2.24) is 10.6 Å². The van der Waals surface area contributed by atoms with E-state index in [1.165, 1.54) is 4.88 Å². The highest BCUT2D eigenvalue weighted by atomic mass is 32.1. The SMILES string of the molecule is Cc1cc(C)c(NC(=O)CNC(=O)NCCc2cccs2)c(C)c1. The highest BCUT2D eigenvalue weighted by molar-refractivity contribution is 7.09. The molecule has 1 aromatic carbocycles. The molecule has 0 aliphatic rings. The number of aryl methyl sites for hydroxylation is 3. The van der Waals surface area contributed by atoms with Gasteiger partial charge in [0.1, 0.15) is 0 Å². The maximum absolute atomic E-state index is 12.0. The van der Waals surface area contributed by atoms with Crippen LogP contribution < -0.4 is 16.0 Å². The van der Waals surface area contributed by atoms with Gasteiger partial charge in [0, 0.05) is 17.1 Å². The van der Waals surface area contributed by atoms with Crippen LogP contribution in [0.25, 0.3) is 0 Å². The topological polar surface area (TPSA) is 70.2 Å². The molecule has 0 aliphatic heterocycles. The van der Waals surface area contributed by atoms with Gasteiger partial charge in [0.15, 0.2) is 0 Å². The largest absolute Gasteiger partial charge is 0.338 e. The highest BCUT2D eigenvalue weighted by Crippen LogP contribution is 2.21. The van der Waals surface area contributed by atoms with E-state index < -0.39 is 0 Å². The van der Waals surface area contributed by atoms with E-state index in [4.69, 9.17) is 0 Å². The number of hydrogen-bond donors (Lipinski definition) is 3. The second-order valence-electron chi connectivity index (χ2n) is 5.76. The monoisotopic (exact) mass is 345 g/mol. The van der Waals surface area contributed by atoms with Crippen LogP contribution in [0.1, 0.15) is 21.6 Å². The molecular formula is C18H23N3O2S. The molecule has 24 heavy (non-hydrogen) atoms. The van der Waals surface area contributed by atoms with Crippen LogP contribution in [0, 0.1) is 20.8 Å². The molecule has 0 spiro atoms. The summed E-state index contributed by atoms with van der Waals surface area (Å²) in [4.78, 5) is 24.9. The van der Waals surface area contributed by atoms with Gasteiger partial charge in [-0.2, -0.15) is 0 Å². The zero-order chi connectivity index (χ0) is 17.5. The van der Waals surface area contributed by atoms with E-state index in [2.05, 4.69) is 16.0 Å². The summed E-state index contributed by atoms with van der Waals surface area (Å²) in [7, 11) is 0. The number of urea groups is 1. The number of amides is 3. The minimum Gasteiger partial charge on any atom is -0.338 e. The summed E-state index contributed by atoms with van der Waals surface area (Å²) in [5.74, 6) is -0.238. The summed E-state index contributed by atoms with van der Waals surface area (Å²) in [5, 5.41) is 10.2. The number of anilines is 1. The molecule has 3 amide bonds. The Bertz CT molecular complexity index is 688.